The second-order valence-corrected chi connectivity index (χ2v) is 11.7. The van der Waals surface area contributed by atoms with Crippen LogP contribution < -0.4 is 16.0 Å². The number of fused-ring (bicyclic) bond motifs is 3. The first-order chi connectivity index (χ1) is 20.8. The van der Waals surface area contributed by atoms with Crippen molar-refractivity contribution in [3.8, 4) is 6.07 Å². The van der Waals surface area contributed by atoms with Gasteiger partial charge in [0.2, 0.25) is 5.91 Å². The Morgan fingerprint density at radius 3 is 2.40 bits per heavy atom. The van der Waals surface area contributed by atoms with Crippen LogP contribution in [0.2, 0.25) is 0 Å². The molecule has 222 valence electrons. The van der Waals surface area contributed by atoms with E-state index in [4.69, 9.17) is 5.10 Å². The molecule has 3 aromatic rings. The van der Waals surface area contributed by atoms with Crippen molar-refractivity contribution in [3.05, 3.63) is 82.2 Å². The van der Waals surface area contributed by atoms with Crippen molar-refractivity contribution in [1.82, 2.24) is 41.1 Å². The fourth-order valence-corrected chi connectivity index (χ4v) is 7.04. The van der Waals surface area contributed by atoms with E-state index >= 15 is 0 Å². The van der Waals surface area contributed by atoms with Gasteiger partial charge in [-0.3, -0.25) is 9.59 Å². The van der Waals surface area contributed by atoms with Crippen LogP contribution in [0.25, 0.3) is 5.70 Å². The number of piperidine rings is 1. The van der Waals surface area contributed by atoms with Gasteiger partial charge in [0.05, 0.1) is 25.1 Å². The highest BCUT2D eigenvalue weighted by atomic mass is 16.2. The lowest BCUT2D eigenvalue weighted by Gasteiger charge is -2.34. The van der Waals surface area contributed by atoms with Crippen molar-refractivity contribution in [2.75, 3.05) is 27.2 Å². The smallest absolute Gasteiger partial charge is 0.251 e. The second kappa shape index (κ2) is 11.3. The number of nitriles is 1. The highest BCUT2D eigenvalue weighted by molar-refractivity contribution is 5.94. The molecule has 2 amide bonds. The third-order valence-electron chi connectivity index (χ3n) is 9.32. The molecule has 2 aromatic carbocycles. The fraction of sp³-hybridized carbons (Fsp3) is 0.438. The van der Waals surface area contributed by atoms with Gasteiger partial charge >= 0.3 is 0 Å². The number of hydrogen-bond acceptors (Lipinski definition) is 8. The molecule has 0 radical (unpaired) electrons. The van der Waals surface area contributed by atoms with Crippen molar-refractivity contribution >= 4 is 17.5 Å². The van der Waals surface area contributed by atoms with Crippen LogP contribution >= 0.6 is 0 Å². The number of nitrogens with one attached hydrogen (secondary N) is 3. The average molecular weight is 580 g/mol. The molecule has 3 N–H and O–H groups in total. The lowest BCUT2D eigenvalue weighted by atomic mass is 9.69. The molecule has 1 saturated carbocycles. The number of aromatic nitrogens is 4. The van der Waals surface area contributed by atoms with Gasteiger partial charge in [-0.25, -0.2) is 0 Å². The Morgan fingerprint density at radius 2 is 1.77 bits per heavy atom. The van der Waals surface area contributed by atoms with Crippen molar-refractivity contribution in [3.63, 3.8) is 0 Å². The van der Waals surface area contributed by atoms with Gasteiger partial charge in [-0.05, 0) is 95.8 Å². The van der Waals surface area contributed by atoms with E-state index in [0.717, 1.165) is 59.2 Å². The maximum atomic E-state index is 13.2. The molecule has 4 atom stereocenters. The lowest BCUT2D eigenvalue weighted by molar-refractivity contribution is -0.131. The molecule has 2 heterocycles. The van der Waals surface area contributed by atoms with E-state index in [9.17, 15) is 14.9 Å². The predicted molar refractivity (Wildman–Crippen MR) is 161 cm³/mol. The molecular formula is C32H37N9O2. The van der Waals surface area contributed by atoms with Gasteiger partial charge < -0.3 is 20.9 Å². The minimum absolute atomic E-state index is 0.0321. The van der Waals surface area contributed by atoms with E-state index in [1.54, 1.807) is 19.0 Å². The van der Waals surface area contributed by atoms with Crippen molar-refractivity contribution in [2.45, 2.75) is 49.6 Å². The quantitative estimate of drug-likeness (QED) is 0.325. The maximum absolute atomic E-state index is 13.2. The molecule has 2 fully saturated rings. The summed E-state index contributed by atoms with van der Waals surface area (Å²) in [5, 5.41) is 32.4. The van der Waals surface area contributed by atoms with Crippen LogP contribution in [-0.2, 0) is 30.1 Å². The zero-order chi connectivity index (χ0) is 30.3. The molecule has 6 rings (SSSR count). The van der Waals surface area contributed by atoms with Crippen molar-refractivity contribution < 1.29 is 9.59 Å². The molecule has 1 aromatic heterocycles. The van der Waals surface area contributed by atoms with Crippen LogP contribution in [0.1, 0.15) is 63.3 Å². The number of aryl methyl sites for hydroxylation is 3. The van der Waals surface area contributed by atoms with E-state index in [0.29, 0.717) is 30.3 Å². The molecule has 11 nitrogen and oxygen atoms in total. The maximum Gasteiger partial charge on any atom is 0.251 e. The summed E-state index contributed by atoms with van der Waals surface area (Å²) in [6, 6.07) is 14.4. The van der Waals surface area contributed by atoms with Gasteiger partial charge in [0.15, 0.2) is 5.82 Å². The Kier molecular flexibility index (Phi) is 7.48. The number of carbonyl (C=O) groups excluding carboxylic acids is 2. The summed E-state index contributed by atoms with van der Waals surface area (Å²) in [6.45, 7) is 4.81. The number of carbonyl (C=O) groups is 2. The van der Waals surface area contributed by atoms with Crippen LogP contribution in [0.5, 0.6) is 0 Å². The number of likely N-dealkylation sites (tertiary alicyclic amines) is 1. The Labute approximate surface area is 251 Å². The molecule has 11 heteroatoms. The number of rotatable bonds is 9. The van der Waals surface area contributed by atoms with Crippen molar-refractivity contribution in [1.29, 1.82) is 5.26 Å². The summed E-state index contributed by atoms with van der Waals surface area (Å²) >= 11 is 0. The molecule has 3 aliphatic rings. The van der Waals surface area contributed by atoms with Crippen LogP contribution in [-0.4, -0.2) is 76.2 Å². The van der Waals surface area contributed by atoms with Gasteiger partial charge in [-0.15, -0.1) is 10.2 Å². The molecule has 1 saturated heterocycles. The first-order valence-electron chi connectivity index (χ1n) is 14.8. The topological polar surface area (TPSA) is 141 Å². The van der Waals surface area contributed by atoms with Crippen LogP contribution in [0.3, 0.4) is 0 Å². The number of benzene rings is 2. The van der Waals surface area contributed by atoms with E-state index in [1.807, 2.05) is 25.2 Å². The fourth-order valence-electron chi connectivity index (χ4n) is 7.04. The molecular weight excluding hydrogens is 542 g/mol. The highest BCUT2D eigenvalue weighted by Gasteiger charge is 2.54. The number of tetrazole rings is 1. The molecule has 43 heavy (non-hydrogen) atoms. The third-order valence-corrected chi connectivity index (χ3v) is 9.32. The van der Waals surface area contributed by atoms with Gasteiger partial charge in [-0.1, -0.05) is 24.8 Å². The van der Waals surface area contributed by atoms with E-state index < -0.39 is 5.41 Å². The molecule has 1 unspecified atom stereocenters. The summed E-state index contributed by atoms with van der Waals surface area (Å²) in [4.78, 5) is 29.1. The summed E-state index contributed by atoms with van der Waals surface area (Å²) in [5.74, 6) is 0.860. The SMILES string of the molecule is C=C(NC)c1ccc2c(c1)CCc1cc(C(=O)NC)ccc1C2(CCNCC(=O)N1[C@H](C#N)C[C@@H]2C[C@@H]21)c1nnn(C)n1. The first-order valence-corrected chi connectivity index (χ1v) is 14.8. The van der Waals surface area contributed by atoms with E-state index in [1.165, 1.54) is 4.80 Å². The Balaban J connectivity index is 1.40. The summed E-state index contributed by atoms with van der Waals surface area (Å²) in [7, 11) is 5.24. The van der Waals surface area contributed by atoms with Crippen molar-refractivity contribution in [2.24, 2.45) is 13.0 Å². The number of hydrogen-bond donors (Lipinski definition) is 3. The Bertz CT molecular complexity index is 1570. The van der Waals surface area contributed by atoms with Crippen LogP contribution in [0.4, 0.5) is 0 Å². The predicted octanol–water partition coefficient (Wildman–Crippen LogP) is 1.69. The number of nitrogens with zero attached hydrogens (tertiary/aromatic N) is 6. The summed E-state index contributed by atoms with van der Waals surface area (Å²) < 4.78 is 0. The summed E-state index contributed by atoms with van der Waals surface area (Å²) in [5.41, 5.74) is 5.90. The highest BCUT2D eigenvalue weighted by Crippen LogP contribution is 2.48. The number of amides is 2. The molecule has 1 aliphatic heterocycles. The third kappa shape index (κ3) is 4.95. The largest absolute Gasteiger partial charge is 0.388 e. The van der Waals surface area contributed by atoms with E-state index in [-0.39, 0.29) is 30.4 Å². The molecule has 2 aliphatic carbocycles. The standard InChI is InChI=1S/C32H37N9O2/c1-19(34-2)20-7-9-26-21(13-20)5-6-22-14-23(30(43)35-3)8-10-27(22)32(26,31-37-39-40(4)38-31)11-12-36-18-29(42)41-25(17-33)15-24-16-28(24)41/h7-10,13-14,24-25,28,34,36H,1,5-6,11-12,15-16,18H2,2-4H3,(H,35,43)/t24-,25+,28+,32?/m1/s1. The van der Waals surface area contributed by atoms with Gasteiger partial charge in [-0.2, -0.15) is 10.1 Å². The van der Waals surface area contributed by atoms with Crippen LogP contribution in [0, 0.1) is 17.2 Å². The van der Waals surface area contributed by atoms with Gasteiger partial charge in [0.25, 0.3) is 5.91 Å². The monoisotopic (exact) mass is 579 g/mol. The normalized spacial score (nSPS) is 23.3. The average Bonchev–Trinajstić information content (AvgIpc) is 3.52. The van der Waals surface area contributed by atoms with E-state index in [2.05, 4.69) is 57.1 Å². The Hall–Kier alpha value is -4.56. The molecule has 0 bridgehead atoms. The minimum atomic E-state index is -0.795. The summed E-state index contributed by atoms with van der Waals surface area (Å²) in [6.07, 6.45) is 3.81. The van der Waals surface area contributed by atoms with Crippen LogP contribution in [0.15, 0.2) is 43.0 Å². The lowest BCUT2D eigenvalue weighted by Crippen LogP contribution is -2.44. The zero-order valence-electron chi connectivity index (χ0n) is 24.9. The minimum Gasteiger partial charge on any atom is -0.388 e. The Morgan fingerprint density at radius 1 is 1.07 bits per heavy atom. The van der Waals surface area contributed by atoms with Gasteiger partial charge in [0.1, 0.15) is 6.04 Å². The zero-order valence-corrected chi connectivity index (χ0v) is 24.9. The van der Waals surface area contributed by atoms with Gasteiger partial charge in [0, 0.05) is 31.4 Å². The molecule has 0 spiro atoms. The first kappa shape index (κ1) is 28.6. The second-order valence-electron chi connectivity index (χ2n) is 11.7.